The Morgan fingerprint density at radius 2 is 0.597 bits per heavy atom. The van der Waals surface area contributed by atoms with Gasteiger partial charge in [-0.15, -0.1) is 0 Å². The van der Waals surface area contributed by atoms with Crippen LogP contribution in [0.25, 0.3) is 21.5 Å². The highest BCUT2D eigenvalue weighted by molar-refractivity contribution is 6.02. The number of benzene rings is 4. The largest absolute Gasteiger partial charge is 0.488 e. The molecular weight excluding hydrogens is 885 g/mol. The van der Waals surface area contributed by atoms with Gasteiger partial charge in [-0.2, -0.15) is 0 Å². The molecular formula is C66H102N2O4. The van der Waals surface area contributed by atoms with Gasteiger partial charge in [-0.3, -0.25) is 9.59 Å². The van der Waals surface area contributed by atoms with Crippen LogP contribution < -0.4 is 20.1 Å². The fourth-order valence-electron chi connectivity index (χ4n) is 10.1. The number of carbonyl (C=O) groups is 2. The number of hydrogen-bond acceptors (Lipinski definition) is 4. The second-order valence-electron chi connectivity index (χ2n) is 21.3. The van der Waals surface area contributed by atoms with Crippen LogP contribution in [-0.4, -0.2) is 38.1 Å². The normalized spacial score (nSPS) is 11.4. The van der Waals surface area contributed by atoms with E-state index < -0.39 is 0 Å². The van der Waals surface area contributed by atoms with Crippen molar-refractivity contribution in [2.45, 2.75) is 245 Å². The highest BCUT2D eigenvalue weighted by atomic mass is 16.5. The highest BCUT2D eigenvalue weighted by Gasteiger charge is 2.17. The second-order valence-corrected chi connectivity index (χ2v) is 21.3. The number of carbonyl (C=O) groups excluding carboxylic acids is 2. The summed E-state index contributed by atoms with van der Waals surface area (Å²) in [4.78, 5) is 27.2. The lowest BCUT2D eigenvalue weighted by Gasteiger charge is -2.16. The molecule has 4 aromatic carbocycles. The summed E-state index contributed by atoms with van der Waals surface area (Å²) in [5, 5.41) is 10.3. The fraction of sp³-hybridized carbons (Fsp3) is 0.636. The van der Waals surface area contributed by atoms with Crippen molar-refractivity contribution in [1.29, 1.82) is 0 Å². The maximum atomic E-state index is 13.6. The maximum absolute atomic E-state index is 13.6. The van der Waals surface area contributed by atoms with Crippen molar-refractivity contribution in [3.05, 3.63) is 96.1 Å². The molecule has 0 saturated heterocycles. The zero-order chi connectivity index (χ0) is 50.9. The third-order valence-corrected chi connectivity index (χ3v) is 14.7. The van der Waals surface area contributed by atoms with Crippen LogP contribution in [0.1, 0.15) is 266 Å². The van der Waals surface area contributed by atoms with E-state index in [0.717, 1.165) is 47.2 Å². The van der Waals surface area contributed by atoms with E-state index in [-0.39, 0.29) is 25.0 Å². The van der Waals surface area contributed by atoms with Crippen LogP contribution in [0.5, 0.6) is 11.5 Å². The van der Waals surface area contributed by atoms with E-state index in [1.165, 1.54) is 205 Å². The molecule has 0 aromatic heterocycles. The molecule has 0 unspecified atom stereocenters. The molecule has 0 spiro atoms. The standard InChI is InChI=1S/C66H102N2O4/c1-4-6-8-10-12-14-16-18-20-22-24-26-28-30-32-34-36-42-48-67-65(69)61-50-57-44-38-40-46-59(57)52-63(61)71-54-56(3)55-72-64-53-60-47-41-39-45-58(60)51-62(64)66(70)68-49-43-37-35-33-31-29-27-25-23-21-19-17-15-13-11-9-7-5-2/h38-41,44-47,50-53H,3-37,42-43,48-49,54-55H2,1-2H3,(H,67,69)(H,68,70). The zero-order valence-electron chi connectivity index (χ0n) is 46.1. The van der Waals surface area contributed by atoms with Crippen molar-refractivity contribution in [3.8, 4) is 11.5 Å². The van der Waals surface area contributed by atoms with Crippen molar-refractivity contribution in [1.82, 2.24) is 10.6 Å². The molecule has 4 aromatic rings. The monoisotopic (exact) mass is 987 g/mol. The smallest absolute Gasteiger partial charge is 0.255 e. The van der Waals surface area contributed by atoms with E-state index in [9.17, 15) is 9.59 Å². The van der Waals surface area contributed by atoms with Crippen LogP contribution in [0.15, 0.2) is 84.9 Å². The maximum Gasteiger partial charge on any atom is 0.255 e. The van der Waals surface area contributed by atoms with Crippen LogP contribution in [0.2, 0.25) is 0 Å². The summed E-state index contributed by atoms with van der Waals surface area (Å²) in [7, 11) is 0. The third-order valence-electron chi connectivity index (χ3n) is 14.7. The Kier molecular flexibility index (Phi) is 33.6. The Morgan fingerprint density at radius 3 is 0.861 bits per heavy atom. The predicted octanol–water partition coefficient (Wildman–Crippen LogP) is 19.5. The number of hydrogen-bond donors (Lipinski definition) is 2. The van der Waals surface area contributed by atoms with Gasteiger partial charge in [-0.25, -0.2) is 0 Å². The Hall–Kier alpha value is -4.32. The summed E-state index contributed by atoms with van der Waals surface area (Å²) < 4.78 is 12.7. The van der Waals surface area contributed by atoms with E-state index in [0.29, 0.717) is 41.3 Å². The molecule has 0 heterocycles. The summed E-state index contributed by atoms with van der Waals surface area (Å²) in [5.41, 5.74) is 1.74. The molecule has 0 aliphatic rings. The Bertz CT molecular complexity index is 1900. The van der Waals surface area contributed by atoms with Gasteiger partial charge in [0.2, 0.25) is 0 Å². The number of rotatable bonds is 46. The molecule has 0 saturated carbocycles. The number of amides is 2. The van der Waals surface area contributed by atoms with E-state index >= 15 is 0 Å². The van der Waals surface area contributed by atoms with Gasteiger partial charge < -0.3 is 20.1 Å². The number of unbranched alkanes of at least 4 members (excludes halogenated alkanes) is 34. The molecule has 2 amide bonds. The SMILES string of the molecule is C=C(COc1cc2ccccc2cc1C(=O)NCCCCCCCCCCCCCCCCCCCC)COc1cc2ccccc2cc1C(=O)NCCCCCCCCCCCCCCCCCCCC. The summed E-state index contributed by atoms with van der Waals surface area (Å²) in [6.45, 7) is 10.5. The zero-order valence-corrected chi connectivity index (χ0v) is 46.1. The molecule has 0 aliphatic carbocycles. The van der Waals surface area contributed by atoms with Gasteiger partial charge in [-0.05, 0) is 64.2 Å². The van der Waals surface area contributed by atoms with Crippen LogP contribution in [0.3, 0.4) is 0 Å². The van der Waals surface area contributed by atoms with Gasteiger partial charge in [0.25, 0.3) is 11.8 Å². The molecule has 0 atom stereocenters. The molecule has 4 rings (SSSR count). The summed E-state index contributed by atoms with van der Waals surface area (Å²) >= 11 is 0. The van der Waals surface area contributed by atoms with E-state index in [4.69, 9.17) is 9.47 Å². The van der Waals surface area contributed by atoms with Crippen LogP contribution >= 0.6 is 0 Å². The first-order chi connectivity index (χ1) is 35.5. The van der Waals surface area contributed by atoms with Gasteiger partial charge in [0.15, 0.2) is 0 Å². The molecule has 0 bridgehead atoms. The quantitative estimate of drug-likeness (QED) is 0.0342. The number of fused-ring (bicyclic) bond motifs is 2. The molecule has 0 aliphatic heterocycles. The summed E-state index contributed by atoms with van der Waals surface area (Å²) in [6.07, 6.45) is 48.2. The average molecular weight is 988 g/mol. The first-order valence-electron chi connectivity index (χ1n) is 30.0. The second kappa shape index (κ2) is 40.1. The summed E-state index contributed by atoms with van der Waals surface area (Å²) in [6, 6.07) is 23.8. The van der Waals surface area contributed by atoms with Crippen molar-refractivity contribution in [2.24, 2.45) is 0 Å². The van der Waals surface area contributed by atoms with Gasteiger partial charge in [0.05, 0.1) is 11.1 Å². The topological polar surface area (TPSA) is 76.7 Å². The van der Waals surface area contributed by atoms with Crippen molar-refractivity contribution in [3.63, 3.8) is 0 Å². The minimum Gasteiger partial charge on any atom is -0.488 e. The first-order valence-corrected chi connectivity index (χ1v) is 30.0. The van der Waals surface area contributed by atoms with Crippen LogP contribution in [-0.2, 0) is 0 Å². The van der Waals surface area contributed by atoms with E-state index in [1.54, 1.807) is 0 Å². The molecule has 0 fully saturated rings. The van der Waals surface area contributed by atoms with Crippen molar-refractivity contribution < 1.29 is 19.1 Å². The Labute approximate surface area is 440 Å². The molecule has 2 N–H and O–H groups in total. The first kappa shape index (κ1) is 60.2. The average Bonchev–Trinajstić information content (AvgIpc) is 3.40. The number of ether oxygens (including phenoxy) is 2. The van der Waals surface area contributed by atoms with Crippen LogP contribution in [0, 0.1) is 0 Å². The van der Waals surface area contributed by atoms with Gasteiger partial charge in [-0.1, -0.05) is 287 Å². The number of nitrogens with one attached hydrogen (secondary N) is 2. The molecule has 0 radical (unpaired) electrons. The predicted molar refractivity (Wildman–Crippen MR) is 310 cm³/mol. The third kappa shape index (κ3) is 26.6. The molecule has 72 heavy (non-hydrogen) atoms. The lowest BCUT2D eigenvalue weighted by atomic mass is 10.0. The Balaban J connectivity index is 1.11. The Morgan fingerprint density at radius 1 is 0.361 bits per heavy atom. The minimum absolute atomic E-state index is 0.124. The summed E-state index contributed by atoms with van der Waals surface area (Å²) in [5.74, 6) is 0.800. The van der Waals surface area contributed by atoms with Gasteiger partial charge >= 0.3 is 0 Å². The van der Waals surface area contributed by atoms with Crippen molar-refractivity contribution >= 4 is 33.4 Å². The van der Waals surface area contributed by atoms with E-state index in [2.05, 4.69) is 31.1 Å². The van der Waals surface area contributed by atoms with Crippen LogP contribution in [0.4, 0.5) is 0 Å². The van der Waals surface area contributed by atoms with Gasteiger partial charge in [0, 0.05) is 13.1 Å². The van der Waals surface area contributed by atoms with Gasteiger partial charge in [0.1, 0.15) is 24.7 Å². The lowest BCUT2D eigenvalue weighted by molar-refractivity contribution is 0.0941. The van der Waals surface area contributed by atoms with E-state index in [1.807, 2.05) is 72.8 Å². The van der Waals surface area contributed by atoms with Crippen molar-refractivity contribution in [2.75, 3.05) is 26.3 Å². The fourth-order valence-corrected chi connectivity index (χ4v) is 10.1. The molecule has 6 heteroatoms. The lowest BCUT2D eigenvalue weighted by Crippen LogP contribution is -2.25. The highest BCUT2D eigenvalue weighted by Crippen LogP contribution is 2.29. The molecule has 6 nitrogen and oxygen atoms in total. The molecule has 400 valence electrons. The minimum atomic E-state index is -0.124.